The molecule has 0 aliphatic carbocycles. The third kappa shape index (κ3) is 8.29. The summed E-state index contributed by atoms with van der Waals surface area (Å²) in [5, 5.41) is 0. The lowest BCUT2D eigenvalue weighted by Gasteiger charge is -2.48. The van der Waals surface area contributed by atoms with Crippen molar-refractivity contribution in [3.8, 4) is 5.75 Å². The summed E-state index contributed by atoms with van der Waals surface area (Å²) in [7, 11) is -1.68. The predicted molar refractivity (Wildman–Crippen MR) is 164 cm³/mol. The third-order valence-electron chi connectivity index (χ3n) is 7.71. The standard InChI is InChI=1S/C33H37FN2O7S/c1-22(37)42-29-17-11-26(12-18-29)32-30(19-20-31(43-23(2)38)25-9-13-27(34)14-10-25)33(39)36(32)28-15-7-24(8-16-28)6-5-21-35(3)44(4,40)41/h7-18,30-32H,5-6,19-21H2,1-4H3/t30-,31+,32-/m1/s1. The SMILES string of the molecule is CC(=O)Oc1ccc([C@@H]2[C@@H](CC[C@H](OC(C)=O)c3ccc(F)cc3)C(=O)N2c2ccc(CCCN(C)S(C)(=O)=O)cc2)cc1. The Morgan fingerprint density at radius 1 is 0.955 bits per heavy atom. The molecule has 9 nitrogen and oxygen atoms in total. The molecular formula is C33H37FN2O7S. The zero-order valence-electron chi connectivity index (χ0n) is 25.2. The molecule has 234 valence electrons. The van der Waals surface area contributed by atoms with Crippen molar-refractivity contribution in [3.63, 3.8) is 0 Å². The predicted octanol–water partition coefficient (Wildman–Crippen LogP) is 5.36. The fourth-order valence-electron chi connectivity index (χ4n) is 5.40. The van der Waals surface area contributed by atoms with Crippen LogP contribution in [0.25, 0.3) is 0 Å². The Morgan fingerprint density at radius 2 is 1.59 bits per heavy atom. The van der Waals surface area contributed by atoms with E-state index in [2.05, 4.69) is 0 Å². The van der Waals surface area contributed by atoms with Crippen LogP contribution in [0.5, 0.6) is 5.75 Å². The molecule has 1 amide bonds. The van der Waals surface area contributed by atoms with Gasteiger partial charge >= 0.3 is 11.9 Å². The van der Waals surface area contributed by atoms with Crippen molar-refractivity contribution < 1.29 is 36.7 Å². The molecule has 0 saturated carbocycles. The molecular weight excluding hydrogens is 587 g/mol. The Bertz CT molecular complexity index is 1580. The zero-order chi connectivity index (χ0) is 32.0. The fraction of sp³-hybridized carbons (Fsp3) is 0.364. The van der Waals surface area contributed by atoms with Crippen molar-refractivity contribution in [3.05, 3.63) is 95.3 Å². The second-order valence-electron chi connectivity index (χ2n) is 11.0. The van der Waals surface area contributed by atoms with E-state index in [-0.39, 0.29) is 11.9 Å². The Morgan fingerprint density at radius 3 is 2.16 bits per heavy atom. The number of sulfonamides is 1. The number of amides is 1. The molecule has 3 aromatic rings. The van der Waals surface area contributed by atoms with E-state index in [4.69, 9.17) is 9.47 Å². The summed E-state index contributed by atoms with van der Waals surface area (Å²) >= 11 is 0. The van der Waals surface area contributed by atoms with Crippen LogP contribution in [0.4, 0.5) is 10.1 Å². The van der Waals surface area contributed by atoms with Gasteiger partial charge in [-0.15, -0.1) is 0 Å². The highest BCUT2D eigenvalue weighted by atomic mass is 32.2. The maximum atomic E-state index is 13.6. The molecule has 1 saturated heterocycles. The average Bonchev–Trinajstić information content (AvgIpc) is 2.96. The molecule has 11 heteroatoms. The molecule has 0 aromatic heterocycles. The number of ether oxygens (including phenoxy) is 2. The minimum absolute atomic E-state index is 0.0812. The smallest absolute Gasteiger partial charge is 0.308 e. The van der Waals surface area contributed by atoms with Crippen molar-refractivity contribution in [2.45, 2.75) is 51.7 Å². The molecule has 0 spiro atoms. The maximum Gasteiger partial charge on any atom is 0.308 e. The lowest BCUT2D eigenvalue weighted by atomic mass is 9.78. The summed E-state index contributed by atoms with van der Waals surface area (Å²) in [6.07, 6.45) is 2.65. The first-order valence-corrected chi connectivity index (χ1v) is 16.2. The summed E-state index contributed by atoms with van der Waals surface area (Å²) in [5.74, 6) is -1.41. The van der Waals surface area contributed by atoms with Crippen LogP contribution in [0.3, 0.4) is 0 Å². The molecule has 0 bridgehead atoms. The zero-order valence-corrected chi connectivity index (χ0v) is 26.1. The van der Waals surface area contributed by atoms with Gasteiger partial charge in [-0.2, -0.15) is 0 Å². The number of esters is 2. The number of carbonyl (C=O) groups excluding carboxylic acids is 3. The van der Waals surface area contributed by atoms with E-state index in [1.807, 2.05) is 36.4 Å². The number of hydrogen-bond acceptors (Lipinski definition) is 7. The fourth-order valence-corrected chi connectivity index (χ4v) is 5.86. The van der Waals surface area contributed by atoms with Crippen LogP contribution in [0, 0.1) is 11.7 Å². The van der Waals surface area contributed by atoms with Crippen LogP contribution in [0.15, 0.2) is 72.8 Å². The van der Waals surface area contributed by atoms with Crippen LogP contribution in [-0.4, -0.2) is 50.4 Å². The van der Waals surface area contributed by atoms with E-state index >= 15 is 0 Å². The number of rotatable bonds is 13. The van der Waals surface area contributed by atoms with Gasteiger partial charge in [-0.25, -0.2) is 17.1 Å². The lowest BCUT2D eigenvalue weighted by molar-refractivity contribution is -0.147. The lowest BCUT2D eigenvalue weighted by Crippen LogP contribution is -2.55. The average molecular weight is 625 g/mol. The summed E-state index contributed by atoms with van der Waals surface area (Å²) in [6.45, 7) is 3.04. The van der Waals surface area contributed by atoms with Gasteiger partial charge in [0.1, 0.15) is 17.7 Å². The van der Waals surface area contributed by atoms with Crippen LogP contribution in [0.1, 0.15) is 61.9 Å². The molecule has 1 aliphatic rings. The first-order chi connectivity index (χ1) is 20.8. The second kappa shape index (κ2) is 14.1. The molecule has 3 aromatic carbocycles. The van der Waals surface area contributed by atoms with Crippen molar-refractivity contribution in [2.24, 2.45) is 5.92 Å². The van der Waals surface area contributed by atoms with Gasteiger partial charge in [-0.05, 0) is 78.8 Å². The number of nitrogens with zero attached hydrogens (tertiary/aromatic N) is 2. The molecule has 1 heterocycles. The van der Waals surface area contributed by atoms with Crippen molar-refractivity contribution in [1.82, 2.24) is 4.31 Å². The highest BCUT2D eigenvalue weighted by Gasteiger charge is 2.48. The number of benzene rings is 3. The van der Waals surface area contributed by atoms with E-state index in [1.165, 1.54) is 36.5 Å². The van der Waals surface area contributed by atoms with Crippen LogP contribution in [-0.2, 0) is 35.6 Å². The van der Waals surface area contributed by atoms with Gasteiger partial charge < -0.3 is 14.4 Å². The van der Waals surface area contributed by atoms with E-state index < -0.39 is 39.8 Å². The van der Waals surface area contributed by atoms with Gasteiger partial charge in [0.15, 0.2) is 0 Å². The van der Waals surface area contributed by atoms with Crippen LogP contribution >= 0.6 is 0 Å². The minimum Gasteiger partial charge on any atom is -0.458 e. The molecule has 3 atom stereocenters. The highest BCUT2D eigenvalue weighted by molar-refractivity contribution is 7.88. The van der Waals surface area contributed by atoms with Gasteiger partial charge in [0.2, 0.25) is 15.9 Å². The summed E-state index contributed by atoms with van der Waals surface area (Å²) in [6, 6.07) is 20.1. The highest BCUT2D eigenvalue weighted by Crippen LogP contribution is 2.47. The van der Waals surface area contributed by atoms with Crippen molar-refractivity contribution in [2.75, 3.05) is 24.7 Å². The van der Waals surface area contributed by atoms with Crippen molar-refractivity contribution in [1.29, 1.82) is 0 Å². The maximum absolute atomic E-state index is 13.6. The second-order valence-corrected chi connectivity index (χ2v) is 13.1. The normalized spacial score (nSPS) is 17.2. The van der Waals surface area contributed by atoms with Gasteiger partial charge in [-0.3, -0.25) is 14.4 Å². The van der Waals surface area contributed by atoms with E-state index in [0.717, 1.165) is 11.1 Å². The van der Waals surface area contributed by atoms with Crippen LogP contribution in [0.2, 0.25) is 0 Å². The minimum atomic E-state index is -3.23. The molecule has 0 N–H and O–H groups in total. The molecule has 4 rings (SSSR count). The molecule has 1 fully saturated rings. The number of carbonyl (C=O) groups is 3. The van der Waals surface area contributed by atoms with E-state index in [0.29, 0.717) is 49.2 Å². The quantitative estimate of drug-likeness (QED) is 0.143. The third-order valence-corrected chi connectivity index (χ3v) is 9.02. The number of β-lactam (4-membered cyclic amide) rings is 1. The molecule has 1 aliphatic heterocycles. The largest absolute Gasteiger partial charge is 0.458 e. The summed E-state index contributed by atoms with van der Waals surface area (Å²) < 4.78 is 48.9. The van der Waals surface area contributed by atoms with E-state index in [9.17, 15) is 27.2 Å². The Balaban J connectivity index is 1.53. The van der Waals surface area contributed by atoms with Gasteiger partial charge in [0.25, 0.3) is 0 Å². The number of anilines is 1. The first kappa shape index (κ1) is 32.8. The first-order valence-electron chi connectivity index (χ1n) is 14.4. The topological polar surface area (TPSA) is 110 Å². The number of aryl methyl sites for hydroxylation is 1. The van der Waals surface area contributed by atoms with Crippen molar-refractivity contribution >= 4 is 33.6 Å². The van der Waals surface area contributed by atoms with Crippen LogP contribution < -0.4 is 9.64 Å². The van der Waals surface area contributed by atoms with Gasteiger partial charge in [0.05, 0.1) is 18.2 Å². The van der Waals surface area contributed by atoms with Gasteiger partial charge in [0, 0.05) is 33.1 Å². The monoisotopic (exact) mass is 624 g/mol. The Labute approximate surface area is 257 Å². The summed E-state index contributed by atoms with van der Waals surface area (Å²) in [4.78, 5) is 38.6. The Hall–Kier alpha value is -4.09. The van der Waals surface area contributed by atoms with Gasteiger partial charge in [-0.1, -0.05) is 36.4 Å². The molecule has 0 unspecified atom stereocenters. The summed E-state index contributed by atoms with van der Waals surface area (Å²) in [5.41, 5.74) is 3.23. The molecule has 0 radical (unpaired) electrons. The number of hydrogen-bond donors (Lipinski definition) is 0. The molecule has 44 heavy (non-hydrogen) atoms. The number of halogens is 1. The Kier molecular flexibility index (Phi) is 10.5. The van der Waals surface area contributed by atoms with E-state index in [1.54, 1.807) is 36.2 Å².